The molecule has 0 radical (unpaired) electrons. The lowest BCUT2D eigenvalue weighted by Crippen LogP contribution is -2.36. The average Bonchev–Trinajstić information content (AvgIpc) is 2.25. The highest BCUT2D eigenvalue weighted by molar-refractivity contribution is 8.00. The average molecular weight is 248 g/mol. The Morgan fingerprint density at radius 3 is 2.38 bits per heavy atom. The van der Waals surface area contributed by atoms with Gasteiger partial charge in [-0.1, -0.05) is 13.8 Å². The molecule has 0 saturated heterocycles. The first-order chi connectivity index (χ1) is 7.51. The summed E-state index contributed by atoms with van der Waals surface area (Å²) in [6.45, 7) is 4.03. The van der Waals surface area contributed by atoms with Crippen LogP contribution in [0.5, 0.6) is 0 Å². The molecule has 0 fully saturated rings. The third-order valence-electron chi connectivity index (χ3n) is 2.20. The van der Waals surface area contributed by atoms with Crippen LogP contribution in [0.4, 0.5) is 0 Å². The van der Waals surface area contributed by atoms with Crippen LogP contribution in [0.25, 0.3) is 0 Å². The van der Waals surface area contributed by atoms with E-state index in [0.717, 1.165) is 12.8 Å². The van der Waals surface area contributed by atoms with Gasteiger partial charge in [0.15, 0.2) is 0 Å². The van der Waals surface area contributed by atoms with Crippen LogP contribution in [-0.4, -0.2) is 40.6 Å². The Bertz CT molecular complexity index is 232. The lowest BCUT2D eigenvalue weighted by Gasteiger charge is -2.14. The van der Waals surface area contributed by atoms with E-state index in [1.165, 1.54) is 11.8 Å². The standard InChI is InChI=1S/C10H20N2O3S/c1-3-7(4-2)12-9(13)6-16-5-8(11)10(14)15/h7-8H,3-6,11H2,1-2H3,(H,12,13)(H,14,15)/t8-/m0/s1. The Morgan fingerprint density at radius 2 is 1.94 bits per heavy atom. The van der Waals surface area contributed by atoms with Gasteiger partial charge in [-0.25, -0.2) is 0 Å². The molecular formula is C10H20N2O3S. The van der Waals surface area contributed by atoms with Crippen LogP contribution in [0.3, 0.4) is 0 Å². The number of hydrogen-bond acceptors (Lipinski definition) is 4. The minimum atomic E-state index is -1.03. The molecule has 0 spiro atoms. The summed E-state index contributed by atoms with van der Waals surface area (Å²) >= 11 is 1.24. The number of amides is 1. The summed E-state index contributed by atoms with van der Waals surface area (Å²) in [5.41, 5.74) is 5.30. The quantitative estimate of drug-likeness (QED) is 0.579. The normalized spacial score (nSPS) is 12.5. The monoisotopic (exact) mass is 248 g/mol. The first-order valence-electron chi connectivity index (χ1n) is 5.36. The number of nitrogens with two attached hydrogens (primary N) is 1. The Labute approximate surface area is 100 Å². The van der Waals surface area contributed by atoms with Crippen molar-refractivity contribution < 1.29 is 14.7 Å². The summed E-state index contributed by atoms with van der Waals surface area (Å²) in [5, 5.41) is 11.4. The maximum absolute atomic E-state index is 11.4. The van der Waals surface area contributed by atoms with Crippen molar-refractivity contribution in [1.29, 1.82) is 0 Å². The highest BCUT2D eigenvalue weighted by Crippen LogP contribution is 2.03. The second kappa shape index (κ2) is 8.41. The molecule has 0 aromatic carbocycles. The lowest BCUT2D eigenvalue weighted by atomic mass is 10.2. The van der Waals surface area contributed by atoms with E-state index in [1.54, 1.807) is 0 Å². The molecule has 0 heterocycles. The largest absolute Gasteiger partial charge is 0.480 e. The molecule has 1 amide bonds. The molecular weight excluding hydrogens is 228 g/mol. The van der Waals surface area contributed by atoms with Gasteiger partial charge >= 0.3 is 5.97 Å². The Balaban J connectivity index is 3.69. The molecule has 5 nitrogen and oxygen atoms in total. The van der Waals surface area contributed by atoms with Crippen molar-refractivity contribution in [3.8, 4) is 0 Å². The first-order valence-corrected chi connectivity index (χ1v) is 6.52. The predicted octanol–water partition coefficient (Wildman–Crippen LogP) is 0.436. The SMILES string of the molecule is CCC(CC)NC(=O)CSC[C@H](N)C(=O)O. The number of nitrogens with one attached hydrogen (secondary N) is 1. The van der Waals surface area contributed by atoms with Gasteiger partial charge in [0, 0.05) is 11.8 Å². The number of hydrogen-bond donors (Lipinski definition) is 3. The summed E-state index contributed by atoms with van der Waals surface area (Å²) in [6, 6.07) is -0.688. The van der Waals surface area contributed by atoms with Gasteiger partial charge in [-0.15, -0.1) is 11.8 Å². The molecule has 0 aliphatic carbocycles. The highest BCUT2D eigenvalue weighted by Gasteiger charge is 2.13. The molecule has 0 aromatic rings. The van der Waals surface area contributed by atoms with Gasteiger partial charge in [-0.05, 0) is 12.8 Å². The summed E-state index contributed by atoms with van der Waals surface area (Å²) in [6.07, 6.45) is 1.81. The summed E-state index contributed by atoms with van der Waals surface area (Å²) < 4.78 is 0. The molecule has 0 aliphatic heterocycles. The van der Waals surface area contributed by atoms with Crippen molar-refractivity contribution >= 4 is 23.6 Å². The number of rotatable bonds is 8. The number of carboxylic acids is 1. The summed E-state index contributed by atoms with van der Waals surface area (Å²) in [4.78, 5) is 21.8. The molecule has 94 valence electrons. The fourth-order valence-corrected chi connectivity index (χ4v) is 1.90. The third kappa shape index (κ3) is 6.68. The second-order valence-electron chi connectivity index (χ2n) is 3.54. The summed E-state index contributed by atoms with van der Waals surface area (Å²) in [7, 11) is 0. The van der Waals surface area contributed by atoms with E-state index < -0.39 is 12.0 Å². The van der Waals surface area contributed by atoms with Gasteiger partial charge in [0.2, 0.25) is 5.91 Å². The van der Waals surface area contributed by atoms with Gasteiger partial charge < -0.3 is 16.2 Å². The molecule has 0 rings (SSSR count). The van der Waals surface area contributed by atoms with Crippen LogP contribution in [0.1, 0.15) is 26.7 Å². The molecule has 6 heteroatoms. The van der Waals surface area contributed by atoms with Gasteiger partial charge in [0.25, 0.3) is 0 Å². The number of thioether (sulfide) groups is 1. The van der Waals surface area contributed by atoms with E-state index in [1.807, 2.05) is 13.8 Å². The van der Waals surface area contributed by atoms with Crippen molar-refractivity contribution in [3.05, 3.63) is 0 Å². The first kappa shape index (κ1) is 15.2. The molecule has 16 heavy (non-hydrogen) atoms. The Hall–Kier alpha value is -0.750. The molecule has 0 aromatic heterocycles. The maximum atomic E-state index is 11.4. The molecule has 0 saturated carbocycles. The zero-order chi connectivity index (χ0) is 12.6. The van der Waals surface area contributed by atoms with E-state index in [-0.39, 0.29) is 23.5 Å². The van der Waals surface area contributed by atoms with Crippen molar-refractivity contribution in [2.24, 2.45) is 5.73 Å². The zero-order valence-corrected chi connectivity index (χ0v) is 10.5. The van der Waals surface area contributed by atoms with E-state index >= 15 is 0 Å². The number of carbonyl (C=O) groups excluding carboxylic acids is 1. The van der Waals surface area contributed by atoms with Crippen molar-refractivity contribution in [1.82, 2.24) is 5.32 Å². The molecule has 4 N–H and O–H groups in total. The van der Waals surface area contributed by atoms with E-state index in [9.17, 15) is 9.59 Å². The molecule has 0 aliphatic rings. The smallest absolute Gasteiger partial charge is 0.321 e. The van der Waals surface area contributed by atoms with Gasteiger partial charge in [-0.3, -0.25) is 9.59 Å². The molecule has 0 bridgehead atoms. The molecule has 0 unspecified atom stereocenters. The topological polar surface area (TPSA) is 92.4 Å². The van der Waals surface area contributed by atoms with Crippen molar-refractivity contribution in [2.45, 2.75) is 38.8 Å². The highest BCUT2D eigenvalue weighted by atomic mass is 32.2. The van der Waals surface area contributed by atoms with Crippen molar-refractivity contribution in [3.63, 3.8) is 0 Å². The fraction of sp³-hybridized carbons (Fsp3) is 0.800. The number of aliphatic carboxylic acids is 1. The fourth-order valence-electron chi connectivity index (χ4n) is 1.11. The minimum absolute atomic E-state index is 0.0590. The number of carbonyl (C=O) groups is 2. The van der Waals surface area contributed by atoms with Crippen LogP contribution in [-0.2, 0) is 9.59 Å². The summed E-state index contributed by atoms with van der Waals surface area (Å²) in [5.74, 6) is -0.576. The van der Waals surface area contributed by atoms with E-state index in [0.29, 0.717) is 0 Å². The van der Waals surface area contributed by atoms with E-state index in [2.05, 4.69) is 5.32 Å². The minimum Gasteiger partial charge on any atom is -0.480 e. The third-order valence-corrected chi connectivity index (χ3v) is 3.26. The van der Waals surface area contributed by atoms with Crippen LogP contribution in [0, 0.1) is 0 Å². The second-order valence-corrected chi connectivity index (χ2v) is 4.57. The van der Waals surface area contributed by atoms with Gasteiger partial charge in [0.05, 0.1) is 5.75 Å². The van der Waals surface area contributed by atoms with Crippen LogP contribution in [0.2, 0.25) is 0 Å². The van der Waals surface area contributed by atoms with Crippen molar-refractivity contribution in [2.75, 3.05) is 11.5 Å². The predicted molar refractivity (Wildman–Crippen MR) is 65.4 cm³/mol. The van der Waals surface area contributed by atoms with Gasteiger partial charge in [-0.2, -0.15) is 0 Å². The van der Waals surface area contributed by atoms with E-state index in [4.69, 9.17) is 10.8 Å². The zero-order valence-electron chi connectivity index (χ0n) is 9.73. The van der Waals surface area contributed by atoms with Crippen LogP contribution in [0.15, 0.2) is 0 Å². The number of carboxylic acid groups (broad SMARTS) is 1. The maximum Gasteiger partial charge on any atom is 0.321 e. The molecule has 1 atom stereocenters. The Kier molecular flexibility index (Phi) is 8.01. The van der Waals surface area contributed by atoms with Crippen LogP contribution < -0.4 is 11.1 Å². The van der Waals surface area contributed by atoms with Gasteiger partial charge in [0.1, 0.15) is 6.04 Å². The lowest BCUT2D eigenvalue weighted by molar-refractivity contribution is -0.138. The Morgan fingerprint density at radius 1 is 1.38 bits per heavy atom. The van der Waals surface area contributed by atoms with Crippen LogP contribution >= 0.6 is 11.8 Å².